The van der Waals surface area contributed by atoms with Crippen molar-refractivity contribution >= 4 is 5.97 Å². The summed E-state index contributed by atoms with van der Waals surface area (Å²) in [5.74, 6) is 1.50. The number of rotatable bonds is 7. The minimum Gasteiger partial charge on any atom is -0.423 e. The van der Waals surface area contributed by atoms with E-state index in [1.807, 2.05) is 6.07 Å². The summed E-state index contributed by atoms with van der Waals surface area (Å²) in [5, 5.41) is 11.0. The molecule has 3 nitrogen and oxygen atoms in total. The lowest BCUT2D eigenvalue weighted by molar-refractivity contribution is -0.139. The molecule has 4 rings (SSSR count). The van der Waals surface area contributed by atoms with Crippen molar-refractivity contribution in [3.8, 4) is 5.75 Å². The van der Waals surface area contributed by atoms with Crippen LogP contribution in [0.2, 0.25) is 0 Å². The average Bonchev–Trinajstić information content (AvgIpc) is 2.81. The number of esters is 1. The van der Waals surface area contributed by atoms with Crippen LogP contribution in [-0.2, 0) is 11.2 Å². The molecular weight excluding hydrogens is 403 g/mol. The lowest BCUT2D eigenvalue weighted by Gasteiger charge is -2.39. The standard InChI is InChI=1S/C28H41FO3/c1-3-4-5-6-19-7-9-20(10-8-19)21-11-13-22(14-12-21)26(30)24-16-15-23-17-18(2)28(31)32-27(23)25(24)29/h15-16,18-22,26,30H,3-14,17H2,1-2H3. The molecule has 2 fully saturated rings. The molecular formula is C28H41FO3. The second-order valence-electron chi connectivity index (χ2n) is 10.9. The molecule has 0 saturated heterocycles. The number of aliphatic hydroxyl groups excluding tert-OH is 1. The monoisotopic (exact) mass is 444 g/mol. The number of hydrogen-bond acceptors (Lipinski definition) is 3. The van der Waals surface area contributed by atoms with Gasteiger partial charge in [0.2, 0.25) is 0 Å². The van der Waals surface area contributed by atoms with Crippen LogP contribution in [0, 0.1) is 35.4 Å². The van der Waals surface area contributed by atoms with Crippen molar-refractivity contribution < 1.29 is 19.0 Å². The Kier molecular flexibility index (Phi) is 7.91. The summed E-state index contributed by atoms with van der Waals surface area (Å²) >= 11 is 0. The van der Waals surface area contributed by atoms with Crippen molar-refractivity contribution in [1.82, 2.24) is 0 Å². The van der Waals surface area contributed by atoms with E-state index >= 15 is 4.39 Å². The second-order valence-corrected chi connectivity index (χ2v) is 10.9. The molecule has 1 aromatic carbocycles. The van der Waals surface area contributed by atoms with Crippen LogP contribution in [0.3, 0.4) is 0 Å². The first kappa shape index (κ1) is 23.7. The summed E-state index contributed by atoms with van der Waals surface area (Å²) in [6.45, 7) is 4.07. The van der Waals surface area contributed by atoms with Crippen molar-refractivity contribution in [2.75, 3.05) is 0 Å². The molecule has 178 valence electrons. The molecule has 2 aliphatic carbocycles. The van der Waals surface area contributed by atoms with Crippen LogP contribution in [0.15, 0.2) is 12.1 Å². The van der Waals surface area contributed by atoms with E-state index in [2.05, 4.69) is 6.92 Å². The Balaban J connectivity index is 1.30. The first-order valence-electron chi connectivity index (χ1n) is 13.2. The van der Waals surface area contributed by atoms with Gasteiger partial charge in [-0.15, -0.1) is 0 Å². The zero-order chi connectivity index (χ0) is 22.7. The van der Waals surface area contributed by atoms with Gasteiger partial charge in [0, 0.05) is 5.56 Å². The summed E-state index contributed by atoms with van der Waals surface area (Å²) < 4.78 is 20.4. The predicted molar refractivity (Wildman–Crippen MR) is 125 cm³/mol. The van der Waals surface area contributed by atoms with Crippen LogP contribution in [0.1, 0.15) is 108 Å². The van der Waals surface area contributed by atoms with Crippen molar-refractivity contribution in [1.29, 1.82) is 0 Å². The van der Waals surface area contributed by atoms with Crippen LogP contribution < -0.4 is 4.74 Å². The highest BCUT2D eigenvalue weighted by molar-refractivity contribution is 5.77. The SMILES string of the molecule is CCCCCC1CCC(C2CCC(C(O)c3ccc4c(c3F)OC(=O)C(C)C4)CC2)CC1. The Morgan fingerprint density at radius 2 is 1.69 bits per heavy atom. The molecule has 1 heterocycles. The normalized spacial score (nSPS) is 31.6. The molecule has 1 aliphatic heterocycles. The molecule has 2 unspecified atom stereocenters. The molecule has 1 N–H and O–H groups in total. The largest absolute Gasteiger partial charge is 0.423 e. The van der Waals surface area contributed by atoms with Gasteiger partial charge in [0.15, 0.2) is 11.6 Å². The zero-order valence-electron chi connectivity index (χ0n) is 20.0. The van der Waals surface area contributed by atoms with Crippen molar-refractivity contribution in [2.24, 2.45) is 29.6 Å². The van der Waals surface area contributed by atoms with E-state index in [1.54, 1.807) is 13.0 Å². The molecule has 0 spiro atoms. The number of benzene rings is 1. The van der Waals surface area contributed by atoms with Gasteiger partial charge in [-0.25, -0.2) is 4.39 Å². The van der Waals surface area contributed by atoms with Gasteiger partial charge in [0.1, 0.15) is 0 Å². The van der Waals surface area contributed by atoms with Gasteiger partial charge in [-0.1, -0.05) is 64.5 Å². The minimum absolute atomic E-state index is 0.0361. The van der Waals surface area contributed by atoms with Crippen LogP contribution in [0.25, 0.3) is 0 Å². The highest BCUT2D eigenvalue weighted by Gasteiger charge is 2.35. The summed E-state index contributed by atoms with van der Waals surface area (Å²) in [5.41, 5.74) is 1.02. The van der Waals surface area contributed by atoms with Crippen LogP contribution in [0.5, 0.6) is 5.75 Å². The van der Waals surface area contributed by atoms with E-state index in [-0.39, 0.29) is 23.6 Å². The average molecular weight is 445 g/mol. The smallest absolute Gasteiger partial charge is 0.314 e. The second kappa shape index (κ2) is 10.7. The van der Waals surface area contributed by atoms with E-state index in [1.165, 1.54) is 51.4 Å². The van der Waals surface area contributed by atoms with E-state index in [0.717, 1.165) is 49.0 Å². The van der Waals surface area contributed by atoms with Crippen molar-refractivity contribution in [2.45, 2.75) is 103 Å². The Morgan fingerprint density at radius 3 is 2.34 bits per heavy atom. The molecule has 0 bridgehead atoms. The maximum Gasteiger partial charge on any atom is 0.314 e. The minimum atomic E-state index is -0.825. The fourth-order valence-corrected chi connectivity index (χ4v) is 6.54. The maximum absolute atomic E-state index is 15.1. The number of ether oxygens (including phenoxy) is 1. The highest BCUT2D eigenvalue weighted by atomic mass is 19.1. The van der Waals surface area contributed by atoms with Gasteiger partial charge in [0.05, 0.1) is 12.0 Å². The molecule has 0 amide bonds. The van der Waals surface area contributed by atoms with E-state index < -0.39 is 11.9 Å². The van der Waals surface area contributed by atoms with Gasteiger partial charge in [0.25, 0.3) is 0 Å². The fraction of sp³-hybridized carbons (Fsp3) is 0.750. The van der Waals surface area contributed by atoms with Crippen LogP contribution >= 0.6 is 0 Å². The van der Waals surface area contributed by atoms with Crippen LogP contribution in [0.4, 0.5) is 4.39 Å². The number of carbonyl (C=O) groups is 1. The lowest BCUT2D eigenvalue weighted by Crippen LogP contribution is -2.29. The van der Waals surface area contributed by atoms with Crippen molar-refractivity contribution in [3.05, 3.63) is 29.1 Å². The molecule has 3 aliphatic rings. The Bertz CT molecular complexity index is 775. The summed E-state index contributed by atoms with van der Waals surface area (Å²) in [4.78, 5) is 11.9. The first-order chi connectivity index (χ1) is 15.5. The number of hydrogen-bond donors (Lipinski definition) is 1. The number of unbranched alkanes of at least 4 members (excludes halogenated alkanes) is 2. The molecule has 4 heteroatoms. The predicted octanol–water partition coefficient (Wildman–Crippen LogP) is 7.15. The molecule has 2 atom stereocenters. The Labute approximate surface area is 193 Å². The lowest BCUT2D eigenvalue weighted by atomic mass is 9.67. The van der Waals surface area contributed by atoms with Gasteiger partial charge in [-0.05, 0) is 74.2 Å². The van der Waals surface area contributed by atoms with Crippen LogP contribution in [-0.4, -0.2) is 11.1 Å². The molecule has 32 heavy (non-hydrogen) atoms. The third-order valence-electron chi connectivity index (χ3n) is 8.70. The zero-order valence-corrected chi connectivity index (χ0v) is 20.0. The van der Waals surface area contributed by atoms with E-state index in [9.17, 15) is 9.90 Å². The van der Waals surface area contributed by atoms with E-state index in [0.29, 0.717) is 12.0 Å². The summed E-state index contributed by atoms with van der Waals surface area (Å²) in [7, 11) is 0. The van der Waals surface area contributed by atoms with E-state index in [4.69, 9.17) is 4.74 Å². The van der Waals surface area contributed by atoms with Gasteiger partial charge in [-0.2, -0.15) is 0 Å². The number of aliphatic hydroxyl groups is 1. The molecule has 0 aromatic heterocycles. The maximum atomic E-state index is 15.1. The van der Waals surface area contributed by atoms with Gasteiger partial charge < -0.3 is 9.84 Å². The molecule has 0 radical (unpaired) electrons. The third kappa shape index (κ3) is 5.21. The first-order valence-corrected chi connectivity index (χ1v) is 13.2. The fourth-order valence-electron chi connectivity index (χ4n) is 6.54. The number of carbonyl (C=O) groups excluding carboxylic acids is 1. The number of fused-ring (bicyclic) bond motifs is 1. The van der Waals surface area contributed by atoms with Gasteiger partial charge >= 0.3 is 5.97 Å². The topological polar surface area (TPSA) is 46.5 Å². The molecule has 2 saturated carbocycles. The summed E-state index contributed by atoms with van der Waals surface area (Å²) in [6.07, 6.45) is 14.9. The Morgan fingerprint density at radius 1 is 1.03 bits per heavy atom. The van der Waals surface area contributed by atoms with Gasteiger partial charge in [-0.3, -0.25) is 4.79 Å². The molecule has 1 aromatic rings. The Hall–Kier alpha value is -1.42. The third-order valence-corrected chi connectivity index (χ3v) is 8.70. The quantitative estimate of drug-likeness (QED) is 0.276. The highest BCUT2D eigenvalue weighted by Crippen LogP contribution is 2.46. The van der Waals surface area contributed by atoms with Crippen molar-refractivity contribution in [3.63, 3.8) is 0 Å². The number of halogens is 1. The summed E-state index contributed by atoms with van der Waals surface area (Å²) in [6, 6.07) is 3.53.